The highest BCUT2D eigenvalue weighted by Crippen LogP contribution is 2.29. The van der Waals surface area contributed by atoms with Crippen LogP contribution in [-0.4, -0.2) is 53.2 Å². The van der Waals surface area contributed by atoms with E-state index in [0.717, 1.165) is 37.4 Å². The van der Waals surface area contributed by atoms with Crippen molar-refractivity contribution in [2.24, 2.45) is 0 Å². The van der Waals surface area contributed by atoms with Gasteiger partial charge < -0.3 is 10.0 Å². The highest BCUT2D eigenvalue weighted by molar-refractivity contribution is 7.17. The number of hydrogen-bond acceptors (Lipinski definition) is 5. The van der Waals surface area contributed by atoms with Gasteiger partial charge in [-0.1, -0.05) is 24.2 Å². The minimum absolute atomic E-state index is 0.373. The van der Waals surface area contributed by atoms with Crippen molar-refractivity contribution < 1.29 is 9.90 Å². The van der Waals surface area contributed by atoms with Crippen LogP contribution in [0, 0.1) is 6.92 Å². The summed E-state index contributed by atoms with van der Waals surface area (Å²) in [5.74, 6) is -0.865. The summed E-state index contributed by atoms with van der Waals surface area (Å²) >= 11 is 1.30. The molecule has 0 spiro atoms. The van der Waals surface area contributed by atoms with Crippen LogP contribution in [0.15, 0.2) is 0 Å². The molecule has 1 N–H and O–H groups in total. The van der Waals surface area contributed by atoms with Crippen molar-refractivity contribution in [1.82, 2.24) is 9.88 Å². The van der Waals surface area contributed by atoms with E-state index in [4.69, 9.17) is 5.11 Å². The average molecular weight is 295 g/mol. The lowest BCUT2D eigenvalue weighted by molar-refractivity contribution is 0.0701. The number of nitrogens with zero attached hydrogens (tertiary/aromatic N) is 3. The van der Waals surface area contributed by atoms with Gasteiger partial charge in [-0.25, -0.2) is 9.78 Å². The van der Waals surface area contributed by atoms with Crippen LogP contribution in [0.25, 0.3) is 0 Å². The smallest absolute Gasteiger partial charge is 0.347 e. The van der Waals surface area contributed by atoms with E-state index in [1.165, 1.54) is 37.0 Å². The van der Waals surface area contributed by atoms with Crippen molar-refractivity contribution in [2.45, 2.75) is 38.6 Å². The van der Waals surface area contributed by atoms with Gasteiger partial charge in [-0.2, -0.15) is 0 Å². The van der Waals surface area contributed by atoms with E-state index in [1.807, 2.05) is 0 Å². The molecule has 1 saturated heterocycles. The van der Waals surface area contributed by atoms with Crippen molar-refractivity contribution in [3.05, 3.63) is 10.6 Å². The molecule has 0 atom stereocenters. The Morgan fingerprint density at radius 2 is 1.90 bits per heavy atom. The molecule has 0 amide bonds. The number of aryl methyl sites for hydroxylation is 1. The SMILES string of the molecule is Cc1nc(N2CCN(C3CCCC3)CC2)sc1C(=O)O. The maximum Gasteiger partial charge on any atom is 0.347 e. The monoisotopic (exact) mass is 295 g/mol. The first-order chi connectivity index (χ1) is 9.65. The Balaban J connectivity index is 1.62. The Labute approximate surface area is 123 Å². The number of rotatable bonds is 3. The molecule has 1 aliphatic carbocycles. The third-order valence-corrected chi connectivity index (χ3v) is 5.61. The van der Waals surface area contributed by atoms with Crippen LogP contribution < -0.4 is 4.90 Å². The Bertz CT molecular complexity index is 489. The molecule has 3 rings (SSSR count). The first-order valence-electron chi connectivity index (χ1n) is 7.35. The van der Waals surface area contributed by atoms with E-state index in [1.54, 1.807) is 6.92 Å². The van der Waals surface area contributed by atoms with Gasteiger partial charge in [0.1, 0.15) is 4.88 Å². The molecule has 6 heteroatoms. The van der Waals surface area contributed by atoms with Crippen molar-refractivity contribution in [2.75, 3.05) is 31.1 Å². The number of anilines is 1. The molecular weight excluding hydrogens is 274 g/mol. The van der Waals surface area contributed by atoms with Gasteiger partial charge in [0.2, 0.25) is 0 Å². The molecule has 1 aromatic heterocycles. The molecule has 2 heterocycles. The van der Waals surface area contributed by atoms with Gasteiger partial charge in [-0.3, -0.25) is 4.90 Å². The second kappa shape index (κ2) is 5.69. The van der Waals surface area contributed by atoms with Crippen molar-refractivity contribution in [3.63, 3.8) is 0 Å². The van der Waals surface area contributed by atoms with Crippen molar-refractivity contribution in [3.8, 4) is 0 Å². The number of carbonyl (C=O) groups is 1. The highest BCUT2D eigenvalue weighted by Gasteiger charge is 2.27. The molecule has 2 fully saturated rings. The van der Waals surface area contributed by atoms with Crippen LogP contribution in [0.4, 0.5) is 5.13 Å². The van der Waals surface area contributed by atoms with E-state index in [-0.39, 0.29) is 0 Å². The van der Waals surface area contributed by atoms with E-state index in [2.05, 4.69) is 14.8 Å². The normalized spacial score (nSPS) is 21.6. The molecule has 20 heavy (non-hydrogen) atoms. The Morgan fingerprint density at radius 3 is 2.45 bits per heavy atom. The van der Waals surface area contributed by atoms with Gasteiger partial charge in [0, 0.05) is 32.2 Å². The molecule has 0 aromatic carbocycles. The second-order valence-corrected chi connectivity index (χ2v) is 6.65. The molecule has 0 unspecified atom stereocenters. The number of carboxylic acid groups (broad SMARTS) is 1. The lowest BCUT2D eigenvalue weighted by Crippen LogP contribution is -2.49. The summed E-state index contributed by atoms with van der Waals surface area (Å²) in [5, 5.41) is 9.97. The van der Waals surface area contributed by atoms with Crippen LogP contribution in [0.3, 0.4) is 0 Å². The summed E-state index contributed by atoms with van der Waals surface area (Å²) in [6.07, 6.45) is 5.44. The fourth-order valence-electron chi connectivity index (χ4n) is 3.26. The van der Waals surface area contributed by atoms with Crippen LogP contribution in [-0.2, 0) is 0 Å². The zero-order chi connectivity index (χ0) is 14.1. The number of carboxylic acids is 1. The molecule has 2 aliphatic rings. The van der Waals surface area contributed by atoms with Gasteiger partial charge in [0.25, 0.3) is 0 Å². The number of aromatic carboxylic acids is 1. The topological polar surface area (TPSA) is 56.7 Å². The number of piperazine rings is 1. The predicted octanol–water partition coefficient (Wildman–Crippen LogP) is 2.21. The fourth-order valence-corrected chi connectivity index (χ4v) is 4.22. The first kappa shape index (κ1) is 13.8. The molecule has 0 radical (unpaired) electrons. The standard InChI is InChI=1S/C14H21N3O2S/c1-10-12(13(18)19)20-14(15-10)17-8-6-16(7-9-17)11-4-2-3-5-11/h11H,2-9H2,1H3,(H,18,19). The lowest BCUT2D eigenvalue weighted by atomic mass is 10.2. The Hall–Kier alpha value is -1.14. The Kier molecular flexibility index (Phi) is 3.94. The first-order valence-corrected chi connectivity index (χ1v) is 8.16. The summed E-state index contributed by atoms with van der Waals surface area (Å²) in [7, 11) is 0. The molecule has 1 aliphatic heterocycles. The second-order valence-electron chi connectivity index (χ2n) is 5.68. The van der Waals surface area contributed by atoms with Gasteiger partial charge in [-0.15, -0.1) is 0 Å². The minimum Gasteiger partial charge on any atom is -0.477 e. The third-order valence-electron chi connectivity index (χ3n) is 4.41. The molecule has 1 aromatic rings. The number of hydrogen-bond donors (Lipinski definition) is 1. The summed E-state index contributed by atoms with van der Waals surface area (Å²) in [6, 6.07) is 0.782. The molecule has 0 bridgehead atoms. The zero-order valence-electron chi connectivity index (χ0n) is 11.8. The minimum atomic E-state index is -0.865. The van der Waals surface area contributed by atoms with Gasteiger partial charge in [-0.05, 0) is 19.8 Å². The van der Waals surface area contributed by atoms with Gasteiger partial charge in [0.05, 0.1) is 5.69 Å². The van der Waals surface area contributed by atoms with E-state index in [0.29, 0.717) is 10.6 Å². The van der Waals surface area contributed by atoms with Crippen molar-refractivity contribution in [1.29, 1.82) is 0 Å². The van der Waals surface area contributed by atoms with Crippen LogP contribution in [0.2, 0.25) is 0 Å². The Morgan fingerprint density at radius 1 is 1.25 bits per heavy atom. The highest BCUT2D eigenvalue weighted by atomic mass is 32.1. The third kappa shape index (κ3) is 2.67. The number of thiazole rings is 1. The quantitative estimate of drug-likeness (QED) is 0.926. The maximum atomic E-state index is 11.1. The average Bonchev–Trinajstić information content (AvgIpc) is 3.08. The van der Waals surface area contributed by atoms with Crippen LogP contribution in [0.1, 0.15) is 41.0 Å². The van der Waals surface area contributed by atoms with E-state index in [9.17, 15) is 4.79 Å². The summed E-state index contributed by atoms with van der Waals surface area (Å²) in [5.41, 5.74) is 0.635. The predicted molar refractivity (Wildman–Crippen MR) is 79.9 cm³/mol. The molecule has 5 nitrogen and oxygen atoms in total. The van der Waals surface area contributed by atoms with Crippen molar-refractivity contribution >= 4 is 22.4 Å². The van der Waals surface area contributed by atoms with E-state index >= 15 is 0 Å². The largest absolute Gasteiger partial charge is 0.477 e. The van der Waals surface area contributed by atoms with Gasteiger partial charge >= 0.3 is 5.97 Å². The fraction of sp³-hybridized carbons (Fsp3) is 0.714. The van der Waals surface area contributed by atoms with E-state index < -0.39 is 5.97 Å². The maximum absolute atomic E-state index is 11.1. The van der Waals surface area contributed by atoms with Crippen LogP contribution >= 0.6 is 11.3 Å². The number of aromatic nitrogens is 1. The van der Waals surface area contributed by atoms with Gasteiger partial charge in [0.15, 0.2) is 5.13 Å². The summed E-state index contributed by atoms with van der Waals surface area (Å²) in [4.78, 5) is 20.7. The summed E-state index contributed by atoms with van der Waals surface area (Å²) in [6.45, 7) is 5.85. The summed E-state index contributed by atoms with van der Waals surface area (Å²) < 4.78 is 0. The molecular formula is C14H21N3O2S. The lowest BCUT2D eigenvalue weighted by Gasteiger charge is -2.37. The molecule has 110 valence electrons. The van der Waals surface area contributed by atoms with Crippen LogP contribution in [0.5, 0.6) is 0 Å². The molecule has 1 saturated carbocycles. The zero-order valence-corrected chi connectivity index (χ0v) is 12.7.